The van der Waals surface area contributed by atoms with E-state index in [-0.39, 0.29) is 12.3 Å². The number of nitrogens with zero attached hydrogens (tertiary/aromatic N) is 1. The zero-order chi connectivity index (χ0) is 14.0. The molecule has 1 fully saturated rings. The molecule has 1 atom stereocenters. The number of halogens is 1. The molecule has 0 aromatic heterocycles. The number of hydrogen-bond acceptors (Lipinski definition) is 2. The minimum absolute atomic E-state index is 0.107. The van der Waals surface area contributed by atoms with Gasteiger partial charge < -0.3 is 10.0 Å². The van der Waals surface area contributed by atoms with E-state index in [1.807, 2.05) is 24.3 Å². The van der Waals surface area contributed by atoms with Crippen molar-refractivity contribution >= 4 is 34.5 Å². The third kappa shape index (κ3) is 2.91. The Kier molecular flexibility index (Phi) is 4.13. The third-order valence-electron chi connectivity index (χ3n) is 3.65. The highest BCUT2D eigenvalue weighted by molar-refractivity contribution is 14.1. The fourth-order valence-corrected chi connectivity index (χ4v) is 3.11. The molecule has 1 N–H and O–H groups in total. The molecule has 0 spiro atoms. The van der Waals surface area contributed by atoms with Gasteiger partial charge in [0.2, 0.25) is 5.91 Å². The molecule has 1 amide bonds. The smallest absolute Gasteiger partial charge is 0.329 e. The second kappa shape index (κ2) is 5.48. The maximum Gasteiger partial charge on any atom is 0.329 e. The lowest BCUT2D eigenvalue weighted by Gasteiger charge is -2.31. The third-order valence-corrected chi connectivity index (χ3v) is 4.32. The summed E-state index contributed by atoms with van der Waals surface area (Å²) in [5.74, 6) is -1.02. The van der Waals surface area contributed by atoms with Crippen molar-refractivity contribution in [2.24, 2.45) is 0 Å². The van der Waals surface area contributed by atoms with Crippen LogP contribution in [0.3, 0.4) is 0 Å². The van der Waals surface area contributed by atoms with Crippen molar-refractivity contribution in [3.05, 3.63) is 33.4 Å². The Hall–Kier alpha value is -1.11. The number of hydrogen-bond donors (Lipinski definition) is 1. The monoisotopic (exact) mass is 373 g/mol. The normalized spacial score (nSPS) is 22.5. The molecule has 0 aliphatic carbocycles. The summed E-state index contributed by atoms with van der Waals surface area (Å²) in [5.41, 5.74) is -0.115. The van der Waals surface area contributed by atoms with Crippen molar-refractivity contribution in [1.29, 1.82) is 0 Å². The second-order valence-electron chi connectivity index (χ2n) is 5.03. The molecule has 19 heavy (non-hydrogen) atoms. The summed E-state index contributed by atoms with van der Waals surface area (Å²) < 4.78 is 1.07. The molecule has 1 aliphatic rings. The highest BCUT2D eigenvalue weighted by atomic mass is 127. The van der Waals surface area contributed by atoms with Crippen LogP contribution in [-0.4, -0.2) is 34.0 Å². The molecule has 1 aromatic carbocycles. The number of aliphatic carboxylic acids is 1. The van der Waals surface area contributed by atoms with Crippen molar-refractivity contribution in [3.8, 4) is 0 Å². The van der Waals surface area contributed by atoms with Crippen molar-refractivity contribution in [3.63, 3.8) is 0 Å². The Labute approximate surface area is 125 Å². The molecule has 102 valence electrons. The van der Waals surface area contributed by atoms with E-state index in [0.29, 0.717) is 13.0 Å². The van der Waals surface area contributed by atoms with Gasteiger partial charge in [-0.2, -0.15) is 0 Å². The molecule has 0 radical (unpaired) electrons. The van der Waals surface area contributed by atoms with E-state index in [4.69, 9.17) is 0 Å². The van der Waals surface area contributed by atoms with Crippen LogP contribution in [0.2, 0.25) is 0 Å². The Morgan fingerprint density at radius 2 is 2.21 bits per heavy atom. The summed E-state index contributed by atoms with van der Waals surface area (Å²) in [4.78, 5) is 25.2. The van der Waals surface area contributed by atoms with Gasteiger partial charge >= 0.3 is 5.97 Å². The van der Waals surface area contributed by atoms with Gasteiger partial charge in [0.1, 0.15) is 5.54 Å². The highest BCUT2D eigenvalue weighted by Gasteiger charge is 2.45. The van der Waals surface area contributed by atoms with Crippen molar-refractivity contribution < 1.29 is 14.7 Å². The first kappa shape index (κ1) is 14.3. The first-order valence-electron chi connectivity index (χ1n) is 6.22. The van der Waals surface area contributed by atoms with E-state index < -0.39 is 11.5 Å². The topological polar surface area (TPSA) is 57.6 Å². The number of carbonyl (C=O) groups excluding carboxylic acids is 1. The van der Waals surface area contributed by atoms with Crippen LogP contribution < -0.4 is 0 Å². The predicted molar refractivity (Wildman–Crippen MR) is 79.9 cm³/mol. The van der Waals surface area contributed by atoms with Gasteiger partial charge in [0.25, 0.3) is 0 Å². The van der Waals surface area contributed by atoms with Gasteiger partial charge in [-0.3, -0.25) is 4.79 Å². The predicted octanol–water partition coefficient (Wildman–Crippen LogP) is 2.30. The lowest BCUT2D eigenvalue weighted by atomic mass is 9.98. The van der Waals surface area contributed by atoms with Gasteiger partial charge in [-0.15, -0.1) is 0 Å². The van der Waals surface area contributed by atoms with Crippen LogP contribution in [0, 0.1) is 3.57 Å². The van der Waals surface area contributed by atoms with Gasteiger partial charge in [0.15, 0.2) is 0 Å². The fourth-order valence-electron chi connectivity index (χ4n) is 2.50. The number of amides is 1. The number of carboxylic acids is 1. The molecule has 1 aromatic rings. The Morgan fingerprint density at radius 1 is 1.47 bits per heavy atom. The van der Waals surface area contributed by atoms with Crippen LogP contribution in [0.5, 0.6) is 0 Å². The minimum Gasteiger partial charge on any atom is -0.480 e. The standard InChI is InChI=1S/C14H16INO3/c1-14(13(18)19)6-3-7-16(14)12(17)9-10-4-2-5-11(15)8-10/h2,4-5,8H,3,6-7,9H2,1H3,(H,18,19). The van der Waals surface area contributed by atoms with Crippen LogP contribution in [0.15, 0.2) is 24.3 Å². The fraction of sp³-hybridized carbons (Fsp3) is 0.429. The lowest BCUT2D eigenvalue weighted by molar-refractivity contribution is -0.155. The molecule has 2 rings (SSSR count). The molecule has 1 unspecified atom stereocenters. The van der Waals surface area contributed by atoms with E-state index in [1.165, 1.54) is 4.90 Å². The number of carbonyl (C=O) groups is 2. The zero-order valence-electron chi connectivity index (χ0n) is 10.7. The quantitative estimate of drug-likeness (QED) is 0.828. The number of benzene rings is 1. The molecule has 0 bridgehead atoms. The van der Waals surface area contributed by atoms with E-state index in [9.17, 15) is 14.7 Å². The molecule has 5 heteroatoms. The minimum atomic E-state index is -1.04. The van der Waals surface area contributed by atoms with Gasteiger partial charge in [-0.25, -0.2) is 4.79 Å². The van der Waals surface area contributed by atoms with Crippen molar-refractivity contribution in [1.82, 2.24) is 4.90 Å². The summed E-state index contributed by atoms with van der Waals surface area (Å²) in [6.07, 6.45) is 1.54. The Balaban J connectivity index is 2.14. The molecule has 4 nitrogen and oxygen atoms in total. The number of rotatable bonds is 3. The van der Waals surface area contributed by atoms with E-state index in [1.54, 1.807) is 6.92 Å². The van der Waals surface area contributed by atoms with E-state index in [0.717, 1.165) is 15.6 Å². The molecule has 1 heterocycles. The average Bonchev–Trinajstić information content (AvgIpc) is 2.73. The summed E-state index contributed by atoms with van der Waals surface area (Å²) in [7, 11) is 0. The van der Waals surface area contributed by atoms with E-state index >= 15 is 0 Å². The maximum atomic E-state index is 12.3. The van der Waals surface area contributed by atoms with Gasteiger partial charge in [-0.1, -0.05) is 12.1 Å². The van der Waals surface area contributed by atoms with Gasteiger partial charge in [0, 0.05) is 10.1 Å². The summed E-state index contributed by atoms with van der Waals surface area (Å²) >= 11 is 2.20. The molecule has 0 saturated carbocycles. The van der Waals surface area contributed by atoms with Crippen LogP contribution >= 0.6 is 22.6 Å². The van der Waals surface area contributed by atoms with Crippen LogP contribution in [0.25, 0.3) is 0 Å². The average molecular weight is 373 g/mol. The Morgan fingerprint density at radius 3 is 2.84 bits per heavy atom. The molecule has 1 aliphatic heterocycles. The zero-order valence-corrected chi connectivity index (χ0v) is 12.9. The first-order valence-corrected chi connectivity index (χ1v) is 7.30. The largest absolute Gasteiger partial charge is 0.480 e. The first-order chi connectivity index (χ1) is 8.93. The summed E-state index contributed by atoms with van der Waals surface area (Å²) in [6, 6.07) is 7.72. The molecular formula is C14H16INO3. The van der Waals surface area contributed by atoms with Crippen LogP contribution in [-0.2, 0) is 16.0 Å². The Bertz CT molecular complexity index is 517. The van der Waals surface area contributed by atoms with Gasteiger partial charge in [-0.05, 0) is 60.1 Å². The van der Waals surface area contributed by atoms with Crippen molar-refractivity contribution in [2.75, 3.05) is 6.54 Å². The van der Waals surface area contributed by atoms with Gasteiger partial charge in [0.05, 0.1) is 6.42 Å². The SMILES string of the molecule is CC1(C(=O)O)CCCN1C(=O)Cc1cccc(I)c1. The second-order valence-corrected chi connectivity index (χ2v) is 6.28. The van der Waals surface area contributed by atoms with Crippen LogP contribution in [0.4, 0.5) is 0 Å². The number of likely N-dealkylation sites (tertiary alicyclic amines) is 1. The summed E-state index contributed by atoms with van der Waals surface area (Å²) in [5, 5.41) is 9.31. The summed E-state index contributed by atoms with van der Waals surface area (Å²) in [6.45, 7) is 2.17. The van der Waals surface area contributed by atoms with E-state index in [2.05, 4.69) is 22.6 Å². The lowest BCUT2D eigenvalue weighted by Crippen LogP contribution is -2.51. The highest BCUT2D eigenvalue weighted by Crippen LogP contribution is 2.29. The maximum absolute atomic E-state index is 12.3. The molecular weight excluding hydrogens is 357 g/mol. The molecule has 1 saturated heterocycles. The number of carboxylic acid groups (broad SMARTS) is 1. The van der Waals surface area contributed by atoms with Crippen molar-refractivity contribution in [2.45, 2.75) is 31.7 Å². The van der Waals surface area contributed by atoms with Crippen LogP contribution in [0.1, 0.15) is 25.3 Å².